The molecule has 2 rings (SSSR count). The Kier molecular flexibility index (Phi) is 4.49. The Morgan fingerprint density at radius 2 is 1.86 bits per heavy atom. The van der Waals surface area contributed by atoms with Gasteiger partial charge in [-0.2, -0.15) is 5.26 Å². The summed E-state index contributed by atoms with van der Waals surface area (Å²) in [6.45, 7) is 0.126. The predicted molar refractivity (Wildman–Crippen MR) is 74.5 cm³/mol. The molecule has 0 amide bonds. The normalized spacial score (nSPS) is 9.90. The molecule has 0 saturated heterocycles. The number of hydrogen-bond acceptors (Lipinski definition) is 5. The Labute approximate surface area is 121 Å². The number of nitriles is 1. The van der Waals surface area contributed by atoms with Gasteiger partial charge in [0, 0.05) is 6.07 Å². The second kappa shape index (κ2) is 6.50. The average molecular weight is 284 g/mol. The van der Waals surface area contributed by atoms with Crippen molar-refractivity contribution in [2.45, 2.75) is 13.2 Å². The Morgan fingerprint density at radius 1 is 1.19 bits per heavy atom. The Balaban J connectivity index is 2.15. The monoisotopic (exact) mass is 284 g/mol. The molecule has 0 heterocycles. The molecular formula is C15H12N2O4. The molecule has 0 fully saturated rings. The van der Waals surface area contributed by atoms with E-state index in [0.717, 1.165) is 11.1 Å². The van der Waals surface area contributed by atoms with E-state index in [9.17, 15) is 10.1 Å². The van der Waals surface area contributed by atoms with Gasteiger partial charge in [-0.3, -0.25) is 10.1 Å². The largest absolute Gasteiger partial charge is 0.482 e. The van der Waals surface area contributed by atoms with Crippen molar-refractivity contribution >= 4 is 5.69 Å². The maximum atomic E-state index is 11.0. The lowest BCUT2D eigenvalue weighted by molar-refractivity contribution is -0.386. The van der Waals surface area contributed by atoms with Crippen LogP contribution in [0.3, 0.4) is 0 Å². The van der Waals surface area contributed by atoms with Crippen LogP contribution in [0.4, 0.5) is 5.69 Å². The van der Waals surface area contributed by atoms with Crippen LogP contribution in [0.2, 0.25) is 0 Å². The Morgan fingerprint density at radius 3 is 2.43 bits per heavy atom. The summed E-state index contributed by atoms with van der Waals surface area (Å²) >= 11 is 0. The van der Waals surface area contributed by atoms with Crippen LogP contribution in [0.5, 0.6) is 5.75 Å². The molecule has 1 N–H and O–H groups in total. The topological polar surface area (TPSA) is 96.4 Å². The van der Waals surface area contributed by atoms with Crippen molar-refractivity contribution < 1.29 is 14.8 Å². The van der Waals surface area contributed by atoms with Gasteiger partial charge in [0.15, 0.2) is 5.75 Å². The van der Waals surface area contributed by atoms with Crippen LogP contribution in [-0.2, 0) is 13.2 Å². The van der Waals surface area contributed by atoms with Crippen LogP contribution < -0.4 is 4.74 Å². The predicted octanol–water partition coefficient (Wildman–Crippen LogP) is 2.54. The van der Waals surface area contributed by atoms with E-state index < -0.39 is 4.92 Å². The van der Waals surface area contributed by atoms with Gasteiger partial charge in [0.1, 0.15) is 6.61 Å². The second-order valence-electron chi connectivity index (χ2n) is 4.31. The summed E-state index contributed by atoms with van der Waals surface area (Å²) in [4.78, 5) is 10.4. The van der Waals surface area contributed by atoms with Crippen molar-refractivity contribution in [2.24, 2.45) is 0 Å². The molecule has 2 aromatic carbocycles. The first-order valence-corrected chi connectivity index (χ1v) is 6.14. The maximum Gasteiger partial charge on any atom is 0.312 e. The third kappa shape index (κ3) is 3.55. The molecule has 0 aliphatic heterocycles. The zero-order valence-electron chi connectivity index (χ0n) is 11.0. The molecule has 0 radical (unpaired) electrons. The summed E-state index contributed by atoms with van der Waals surface area (Å²) in [7, 11) is 0. The van der Waals surface area contributed by atoms with Crippen LogP contribution in [0.25, 0.3) is 0 Å². The molecule has 6 nitrogen and oxygen atoms in total. The lowest BCUT2D eigenvalue weighted by Crippen LogP contribution is -2.00. The molecule has 0 aromatic heterocycles. The van der Waals surface area contributed by atoms with E-state index in [-0.39, 0.29) is 30.2 Å². The van der Waals surface area contributed by atoms with Gasteiger partial charge in [-0.05, 0) is 23.3 Å². The zero-order valence-corrected chi connectivity index (χ0v) is 11.0. The molecule has 6 heteroatoms. The van der Waals surface area contributed by atoms with Crippen molar-refractivity contribution in [1.82, 2.24) is 0 Å². The third-order valence-electron chi connectivity index (χ3n) is 2.88. The van der Waals surface area contributed by atoms with Gasteiger partial charge in [0.2, 0.25) is 0 Å². The van der Waals surface area contributed by atoms with E-state index in [4.69, 9.17) is 15.1 Å². The summed E-state index contributed by atoms with van der Waals surface area (Å²) in [5.74, 6) is 0.116. The molecule has 0 spiro atoms. The zero-order chi connectivity index (χ0) is 15.2. The quantitative estimate of drug-likeness (QED) is 0.672. The number of ether oxygens (including phenoxy) is 1. The van der Waals surface area contributed by atoms with Gasteiger partial charge in [0.05, 0.1) is 23.2 Å². The smallest absolute Gasteiger partial charge is 0.312 e. The summed E-state index contributed by atoms with van der Waals surface area (Å²) in [5.41, 5.74) is 1.58. The minimum atomic E-state index is -0.578. The van der Waals surface area contributed by atoms with Gasteiger partial charge in [-0.15, -0.1) is 0 Å². The van der Waals surface area contributed by atoms with E-state index in [2.05, 4.69) is 0 Å². The highest BCUT2D eigenvalue weighted by atomic mass is 16.6. The molecule has 0 atom stereocenters. The minimum absolute atomic E-state index is 0.0395. The lowest BCUT2D eigenvalue weighted by Gasteiger charge is -2.07. The number of nitro benzene ring substituents is 1. The fourth-order valence-electron chi connectivity index (χ4n) is 1.75. The second-order valence-corrected chi connectivity index (χ2v) is 4.31. The minimum Gasteiger partial charge on any atom is -0.482 e. The van der Waals surface area contributed by atoms with Crippen molar-refractivity contribution in [2.75, 3.05) is 0 Å². The summed E-state index contributed by atoms with van der Waals surface area (Å²) < 4.78 is 5.44. The van der Waals surface area contributed by atoms with E-state index in [1.807, 2.05) is 6.07 Å². The number of nitro groups is 1. The van der Waals surface area contributed by atoms with Gasteiger partial charge in [-0.25, -0.2) is 0 Å². The first-order chi connectivity index (χ1) is 10.1. The SMILES string of the molecule is N#Cc1ccc(OCc2ccc(CO)cc2)c([N+](=O)[O-])c1. The van der Waals surface area contributed by atoms with Gasteiger partial charge in [-0.1, -0.05) is 24.3 Å². The number of aliphatic hydroxyl groups excluding tert-OH is 1. The Hall–Kier alpha value is -2.91. The van der Waals surface area contributed by atoms with E-state index in [0.29, 0.717) is 0 Å². The van der Waals surface area contributed by atoms with Crippen molar-refractivity contribution in [3.63, 3.8) is 0 Å². The van der Waals surface area contributed by atoms with Crippen molar-refractivity contribution in [3.05, 3.63) is 69.3 Å². The van der Waals surface area contributed by atoms with E-state index in [1.165, 1.54) is 18.2 Å². The molecule has 21 heavy (non-hydrogen) atoms. The average Bonchev–Trinajstić information content (AvgIpc) is 2.53. The highest BCUT2D eigenvalue weighted by Crippen LogP contribution is 2.28. The van der Waals surface area contributed by atoms with Crippen LogP contribution in [0, 0.1) is 21.4 Å². The fourth-order valence-corrected chi connectivity index (χ4v) is 1.75. The summed E-state index contributed by atoms with van der Waals surface area (Å²) in [6, 6.07) is 13.0. The van der Waals surface area contributed by atoms with Crippen LogP contribution >= 0.6 is 0 Å². The molecule has 0 unspecified atom stereocenters. The van der Waals surface area contributed by atoms with Gasteiger partial charge < -0.3 is 9.84 Å². The molecule has 0 saturated carbocycles. The standard InChI is InChI=1S/C15H12N2O4/c16-8-13-5-6-15(14(7-13)17(19)20)21-10-12-3-1-11(9-18)2-4-12/h1-7,18H,9-10H2. The van der Waals surface area contributed by atoms with E-state index in [1.54, 1.807) is 24.3 Å². The van der Waals surface area contributed by atoms with Crippen LogP contribution in [0.1, 0.15) is 16.7 Å². The van der Waals surface area contributed by atoms with Gasteiger partial charge >= 0.3 is 5.69 Å². The number of rotatable bonds is 5. The summed E-state index contributed by atoms with van der Waals surface area (Å²) in [5, 5.41) is 28.7. The van der Waals surface area contributed by atoms with Crippen molar-refractivity contribution in [1.29, 1.82) is 5.26 Å². The fraction of sp³-hybridized carbons (Fsp3) is 0.133. The first kappa shape index (κ1) is 14.5. The van der Waals surface area contributed by atoms with E-state index >= 15 is 0 Å². The van der Waals surface area contributed by atoms with Crippen LogP contribution in [-0.4, -0.2) is 10.0 Å². The number of hydrogen-bond donors (Lipinski definition) is 1. The molecule has 106 valence electrons. The molecular weight excluding hydrogens is 272 g/mol. The number of aliphatic hydroxyl groups is 1. The Bertz CT molecular complexity index is 690. The first-order valence-electron chi connectivity index (χ1n) is 6.14. The maximum absolute atomic E-state index is 11.0. The highest BCUT2D eigenvalue weighted by molar-refractivity contribution is 5.51. The van der Waals surface area contributed by atoms with Gasteiger partial charge in [0.25, 0.3) is 0 Å². The highest BCUT2D eigenvalue weighted by Gasteiger charge is 2.16. The number of nitrogens with zero attached hydrogens (tertiary/aromatic N) is 2. The third-order valence-corrected chi connectivity index (χ3v) is 2.88. The van der Waals surface area contributed by atoms with Crippen molar-refractivity contribution in [3.8, 4) is 11.8 Å². The molecule has 0 aliphatic rings. The van der Waals surface area contributed by atoms with Crippen LogP contribution in [0.15, 0.2) is 42.5 Å². The molecule has 2 aromatic rings. The molecule has 0 aliphatic carbocycles. The number of benzene rings is 2. The summed E-state index contributed by atoms with van der Waals surface area (Å²) in [6.07, 6.45) is 0. The molecule has 0 bridgehead atoms. The lowest BCUT2D eigenvalue weighted by atomic mass is 10.1.